The zero-order valence-electron chi connectivity index (χ0n) is 12.2. The summed E-state index contributed by atoms with van der Waals surface area (Å²) in [4.78, 5) is 4.05. The Balaban J connectivity index is 1.82. The van der Waals surface area contributed by atoms with Gasteiger partial charge in [-0.05, 0) is 47.5 Å². The van der Waals surface area contributed by atoms with E-state index in [1.807, 2.05) is 24.3 Å². The second-order valence-corrected chi connectivity index (χ2v) is 5.86. The molecule has 0 unspecified atom stereocenters. The van der Waals surface area contributed by atoms with Gasteiger partial charge < -0.3 is 4.74 Å². The Kier molecular flexibility index (Phi) is 4.57. The number of aromatic nitrogens is 1. The molecule has 2 nitrogen and oxygen atoms in total. The maximum atomic E-state index is 12.9. The number of benzene rings is 2. The normalized spacial score (nSPS) is 11.3. The molecule has 0 amide bonds. The van der Waals surface area contributed by atoms with Gasteiger partial charge in [0.05, 0.1) is 5.56 Å². The van der Waals surface area contributed by atoms with Crippen molar-refractivity contribution in [3.63, 3.8) is 0 Å². The zero-order valence-corrected chi connectivity index (χ0v) is 13.8. The van der Waals surface area contributed by atoms with Crippen LogP contribution < -0.4 is 4.74 Å². The van der Waals surface area contributed by atoms with Gasteiger partial charge >= 0.3 is 6.18 Å². The summed E-state index contributed by atoms with van der Waals surface area (Å²) in [5.41, 5.74) is 1.13. The number of hydrogen-bond acceptors (Lipinski definition) is 2. The quantitative estimate of drug-likeness (QED) is 0.519. The average Bonchev–Trinajstić information content (AvgIpc) is 2.57. The van der Waals surface area contributed by atoms with E-state index in [4.69, 9.17) is 4.74 Å². The maximum absolute atomic E-state index is 12.9. The summed E-state index contributed by atoms with van der Waals surface area (Å²) in [5, 5.41) is 0. The molecule has 1 heterocycles. The van der Waals surface area contributed by atoms with E-state index in [0.717, 1.165) is 17.2 Å². The molecule has 0 atom stereocenters. The first kappa shape index (κ1) is 16.5. The van der Waals surface area contributed by atoms with Gasteiger partial charge in [-0.15, -0.1) is 0 Å². The second kappa shape index (κ2) is 6.65. The van der Waals surface area contributed by atoms with Crippen LogP contribution in [0.5, 0.6) is 11.5 Å². The number of hydrogen-bond donors (Lipinski definition) is 0. The Morgan fingerprint density at radius 2 is 1.58 bits per heavy atom. The molecule has 1 aromatic heterocycles. The average molecular weight is 394 g/mol. The molecule has 6 heteroatoms. The van der Waals surface area contributed by atoms with E-state index in [1.165, 1.54) is 12.1 Å². The van der Waals surface area contributed by atoms with Crippen LogP contribution in [0.25, 0.3) is 11.1 Å². The van der Waals surface area contributed by atoms with Crippen molar-refractivity contribution in [2.45, 2.75) is 6.18 Å². The van der Waals surface area contributed by atoms with E-state index in [1.54, 1.807) is 24.5 Å². The highest BCUT2D eigenvalue weighted by Gasteiger charge is 2.33. The topological polar surface area (TPSA) is 22.1 Å². The SMILES string of the molecule is FC(F)(F)c1cc(Oc2ccc(-c3cccnc3)cc2)ccc1Br. The number of pyridine rings is 1. The fraction of sp³-hybridized carbons (Fsp3) is 0.0556. The summed E-state index contributed by atoms with van der Waals surface area (Å²) in [5.74, 6) is 0.581. The highest BCUT2D eigenvalue weighted by Crippen LogP contribution is 2.38. The van der Waals surface area contributed by atoms with Gasteiger partial charge in [0, 0.05) is 16.9 Å². The predicted octanol–water partition coefficient (Wildman–Crippen LogP) is 6.32. The number of ether oxygens (including phenoxy) is 1. The van der Waals surface area contributed by atoms with Crippen molar-refractivity contribution in [3.05, 3.63) is 77.0 Å². The molecule has 3 aromatic rings. The van der Waals surface area contributed by atoms with Gasteiger partial charge in [0.25, 0.3) is 0 Å². The van der Waals surface area contributed by atoms with Crippen LogP contribution in [-0.2, 0) is 6.18 Å². The van der Waals surface area contributed by atoms with Gasteiger partial charge in [0.2, 0.25) is 0 Å². The minimum atomic E-state index is -4.44. The summed E-state index contributed by atoms with van der Waals surface area (Å²) in [7, 11) is 0. The van der Waals surface area contributed by atoms with Gasteiger partial charge in [-0.1, -0.05) is 34.1 Å². The van der Waals surface area contributed by atoms with Crippen molar-refractivity contribution < 1.29 is 17.9 Å². The van der Waals surface area contributed by atoms with Crippen LogP contribution in [0.4, 0.5) is 13.2 Å². The highest BCUT2D eigenvalue weighted by atomic mass is 79.9. The summed E-state index contributed by atoms with van der Waals surface area (Å²) in [6, 6.07) is 14.6. The Morgan fingerprint density at radius 1 is 0.875 bits per heavy atom. The smallest absolute Gasteiger partial charge is 0.417 e. The summed E-state index contributed by atoms with van der Waals surface area (Å²) in [6.07, 6.45) is -1.02. The van der Waals surface area contributed by atoms with Crippen LogP contribution in [-0.4, -0.2) is 4.98 Å². The molecule has 3 rings (SSSR count). The Bertz CT molecular complexity index is 833. The molecule has 0 aliphatic rings. The minimum Gasteiger partial charge on any atom is -0.457 e. The monoisotopic (exact) mass is 393 g/mol. The lowest BCUT2D eigenvalue weighted by Crippen LogP contribution is -2.06. The second-order valence-electron chi connectivity index (χ2n) is 5.01. The number of nitrogens with zero attached hydrogens (tertiary/aromatic N) is 1. The zero-order chi connectivity index (χ0) is 17.2. The van der Waals surface area contributed by atoms with Crippen LogP contribution in [0.15, 0.2) is 71.5 Å². The van der Waals surface area contributed by atoms with E-state index >= 15 is 0 Å². The van der Waals surface area contributed by atoms with Crippen LogP contribution in [0.1, 0.15) is 5.56 Å². The van der Waals surface area contributed by atoms with Crippen molar-refractivity contribution in [2.75, 3.05) is 0 Å². The van der Waals surface area contributed by atoms with Crippen molar-refractivity contribution in [1.29, 1.82) is 0 Å². The first-order chi connectivity index (χ1) is 11.4. The van der Waals surface area contributed by atoms with E-state index in [0.29, 0.717) is 5.75 Å². The van der Waals surface area contributed by atoms with Crippen LogP contribution in [0.2, 0.25) is 0 Å². The van der Waals surface area contributed by atoms with Crippen molar-refractivity contribution in [1.82, 2.24) is 4.98 Å². The molecule has 0 saturated heterocycles. The first-order valence-corrected chi connectivity index (χ1v) is 7.78. The maximum Gasteiger partial charge on any atom is 0.417 e. The summed E-state index contributed by atoms with van der Waals surface area (Å²) >= 11 is 2.91. The van der Waals surface area contributed by atoms with Crippen molar-refractivity contribution in [2.24, 2.45) is 0 Å². The number of alkyl halides is 3. The molecule has 0 fully saturated rings. The molecule has 0 aliphatic carbocycles. The standard InChI is InChI=1S/C18H11BrF3NO/c19-17-8-7-15(10-16(17)18(20,21)22)24-14-5-3-12(4-6-14)13-2-1-9-23-11-13/h1-11H. The first-order valence-electron chi connectivity index (χ1n) is 6.98. The Hall–Kier alpha value is -2.34. The predicted molar refractivity (Wildman–Crippen MR) is 88.9 cm³/mol. The lowest BCUT2D eigenvalue weighted by atomic mass is 10.1. The Labute approximate surface area is 145 Å². The molecule has 0 radical (unpaired) electrons. The molecule has 122 valence electrons. The fourth-order valence-corrected chi connectivity index (χ4v) is 2.64. The van der Waals surface area contributed by atoms with Gasteiger partial charge in [-0.2, -0.15) is 13.2 Å². The molecule has 24 heavy (non-hydrogen) atoms. The highest BCUT2D eigenvalue weighted by molar-refractivity contribution is 9.10. The molecule has 2 aromatic carbocycles. The van der Waals surface area contributed by atoms with Gasteiger partial charge in [-0.25, -0.2) is 0 Å². The van der Waals surface area contributed by atoms with E-state index in [2.05, 4.69) is 20.9 Å². The molecule has 0 saturated carbocycles. The van der Waals surface area contributed by atoms with Crippen LogP contribution in [0, 0.1) is 0 Å². The lowest BCUT2D eigenvalue weighted by molar-refractivity contribution is -0.138. The van der Waals surface area contributed by atoms with Gasteiger partial charge in [0.15, 0.2) is 0 Å². The molecule has 0 N–H and O–H groups in total. The summed E-state index contributed by atoms with van der Waals surface area (Å²) in [6.45, 7) is 0. The third-order valence-corrected chi connectivity index (χ3v) is 4.02. The largest absolute Gasteiger partial charge is 0.457 e. The van der Waals surface area contributed by atoms with Crippen LogP contribution >= 0.6 is 15.9 Å². The third-order valence-electron chi connectivity index (χ3n) is 3.33. The molecular weight excluding hydrogens is 383 g/mol. The minimum absolute atomic E-state index is 0.0192. The van der Waals surface area contributed by atoms with Gasteiger partial charge in [-0.3, -0.25) is 4.98 Å². The lowest BCUT2D eigenvalue weighted by Gasteiger charge is -2.12. The molecular formula is C18H11BrF3NO. The fourth-order valence-electron chi connectivity index (χ4n) is 2.17. The number of rotatable bonds is 3. The molecule has 0 aliphatic heterocycles. The van der Waals surface area contributed by atoms with Crippen molar-refractivity contribution in [3.8, 4) is 22.6 Å². The summed E-state index contributed by atoms with van der Waals surface area (Å²) < 4.78 is 44.3. The van der Waals surface area contributed by atoms with Crippen LogP contribution in [0.3, 0.4) is 0 Å². The van der Waals surface area contributed by atoms with E-state index in [9.17, 15) is 13.2 Å². The third kappa shape index (κ3) is 3.76. The molecule has 0 bridgehead atoms. The van der Waals surface area contributed by atoms with Crippen molar-refractivity contribution >= 4 is 15.9 Å². The van der Waals surface area contributed by atoms with E-state index in [-0.39, 0.29) is 10.2 Å². The number of halogens is 4. The molecule has 0 spiro atoms. The Morgan fingerprint density at radius 3 is 2.21 bits per heavy atom. The van der Waals surface area contributed by atoms with Gasteiger partial charge in [0.1, 0.15) is 11.5 Å². The van der Waals surface area contributed by atoms with E-state index < -0.39 is 11.7 Å².